The zero-order valence-electron chi connectivity index (χ0n) is 17.1. The lowest BCUT2D eigenvalue weighted by molar-refractivity contribution is -0.274. The molecule has 0 aliphatic heterocycles. The number of aryl methyl sites for hydroxylation is 1. The highest BCUT2D eigenvalue weighted by molar-refractivity contribution is 7.17. The molecule has 13 heteroatoms. The molecular formula is C19H18F3N5O3S2. The monoisotopic (exact) mass is 485 g/mol. The van der Waals surface area contributed by atoms with Crippen molar-refractivity contribution in [2.45, 2.75) is 19.7 Å². The van der Waals surface area contributed by atoms with Crippen LogP contribution in [0.1, 0.15) is 21.1 Å². The highest BCUT2D eigenvalue weighted by atomic mass is 32.1. The summed E-state index contributed by atoms with van der Waals surface area (Å²) in [5.74, 6) is -0.853. The minimum absolute atomic E-state index is 0.00781. The van der Waals surface area contributed by atoms with E-state index in [0.29, 0.717) is 32.2 Å². The lowest BCUT2D eigenvalue weighted by atomic mass is 10.3. The van der Waals surface area contributed by atoms with E-state index in [1.807, 2.05) is 0 Å². The molecule has 0 fully saturated rings. The van der Waals surface area contributed by atoms with Crippen molar-refractivity contribution in [1.29, 1.82) is 0 Å². The summed E-state index contributed by atoms with van der Waals surface area (Å²) < 4.78 is 40.5. The summed E-state index contributed by atoms with van der Waals surface area (Å²) in [5, 5.41) is 8.11. The van der Waals surface area contributed by atoms with E-state index in [-0.39, 0.29) is 24.0 Å². The third-order valence-corrected chi connectivity index (χ3v) is 5.74. The molecule has 2 aromatic heterocycles. The molecule has 0 aliphatic carbocycles. The molecule has 3 aromatic rings. The van der Waals surface area contributed by atoms with Crippen LogP contribution >= 0.6 is 22.7 Å². The fourth-order valence-electron chi connectivity index (χ4n) is 2.49. The minimum Gasteiger partial charge on any atom is -0.406 e. The second-order valence-corrected chi connectivity index (χ2v) is 8.56. The summed E-state index contributed by atoms with van der Waals surface area (Å²) in [4.78, 5) is 34.8. The molecule has 2 N–H and O–H groups in total. The maximum Gasteiger partial charge on any atom is 0.573 e. The third kappa shape index (κ3) is 6.40. The number of rotatable bonds is 7. The first-order chi connectivity index (χ1) is 15.0. The average molecular weight is 486 g/mol. The van der Waals surface area contributed by atoms with Gasteiger partial charge in [0.15, 0.2) is 10.3 Å². The lowest BCUT2D eigenvalue weighted by Crippen LogP contribution is -2.21. The Labute approximate surface area is 189 Å². The number of ether oxygens (including phenoxy) is 1. The summed E-state index contributed by atoms with van der Waals surface area (Å²) in [6.45, 7) is 1.70. The molecule has 0 atom stereocenters. The van der Waals surface area contributed by atoms with Crippen LogP contribution in [0.5, 0.6) is 5.75 Å². The van der Waals surface area contributed by atoms with Crippen LogP contribution in [0.2, 0.25) is 0 Å². The highest BCUT2D eigenvalue weighted by Crippen LogP contribution is 2.27. The summed E-state index contributed by atoms with van der Waals surface area (Å²) in [7, 11) is 3.27. The first kappa shape index (κ1) is 23.5. The number of hydrogen-bond acceptors (Lipinski definition) is 8. The first-order valence-corrected chi connectivity index (χ1v) is 10.8. The van der Waals surface area contributed by atoms with Gasteiger partial charge in [0.25, 0.3) is 5.91 Å². The number of carbonyl (C=O) groups excluding carboxylic acids is 2. The molecule has 0 unspecified atom stereocenters. The van der Waals surface area contributed by atoms with E-state index in [1.165, 1.54) is 40.5 Å². The van der Waals surface area contributed by atoms with Gasteiger partial charge < -0.3 is 20.3 Å². The summed E-state index contributed by atoms with van der Waals surface area (Å²) in [6, 6.07) is 5.21. The molecule has 0 saturated heterocycles. The van der Waals surface area contributed by atoms with Crippen LogP contribution in [0.3, 0.4) is 0 Å². The number of amides is 2. The summed E-state index contributed by atoms with van der Waals surface area (Å²) in [5.41, 5.74) is 1.56. The fraction of sp³-hybridized carbons (Fsp3) is 0.263. The van der Waals surface area contributed by atoms with Crippen molar-refractivity contribution < 1.29 is 27.5 Å². The van der Waals surface area contributed by atoms with Gasteiger partial charge in [-0.1, -0.05) is 11.3 Å². The van der Waals surface area contributed by atoms with Gasteiger partial charge in [0.1, 0.15) is 10.6 Å². The van der Waals surface area contributed by atoms with Crippen molar-refractivity contribution in [3.63, 3.8) is 0 Å². The second-order valence-electron chi connectivity index (χ2n) is 6.70. The molecular weight excluding hydrogens is 467 g/mol. The molecule has 0 radical (unpaired) electrons. The maximum atomic E-state index is 12.3. The Morgan fingerprint density at radius 3 is 2.44 bits per heavy atom. The molecule has 3 rings (SSSR count). The Balaban J connectivity index is 1.56. The first-order valence-electron chi connectivity index (χ1n) is 9.06. The third-order valence-electron chi connectivity index (χ3n) is 3.88. The number of carbonyl (C=O) groups is 2. The molecule has 32 heavy (non-hydrogen) atoms. The van der Waals surface area contributed by atoms with Gasteiger partial charge in [0.05, 0.1) is 17.8 Å². The smallest absolute Gasteiger partial charge is 0.406 e. The predicted octanol–water partition coefficient (Wildman–Crippen LogP) is 4.43. The Hall–Kier alpha value is -3.19. The van der Waals surface area contributed by atoms with Gasteiger partial charge in [-0.05, 0) is 31.2 Å². The quantitative estimate of drug-likeness (QED) is 0.514. The Kier molecular flexibility index (Phi) is 6.99. The van der Waals surface area contributed by atoms with Crippen molar-refractivity contribution in [3.8, 4) is 5.75 Å². The zero-order valence-corrected chi connectivity index (χ0v) is 18.7. The highest BCUT2D eigenvalue weighted by Gasteiger charge is 2.31. The minimum atomic E-state index is -4.75. The van der Waals surface area contributed by atoms with Crippen molar-refractivity contribution in [2.24, 2.45) is 0 Å². The van der Waals surface area contributed by atoms with E-state index >= 15 is 0 Å². The van der Waals surface area contributed by atoms with Crippen LogP contribution in [-0.4, -0.2) is 47.1 Å². The van der Waals surface area contributed by atoms with E-state index in [9.17, 15) is 22.8 Å². The van der Waals surface area contributed by atoms with Gasteiger partial charge in [-0.2, -0.15) is 0 Å². The summed E-state index contributed by atoms with van der Waals surface area (Å²) in [6.07, 6.45) is -4.76. The number of anilines is 3. The topological polar surface area (TPSA) is 96.5 Å². The van der Waals surface area contributed by atoms with Crippen molar-refractivity contribution in [2.75, 3.05) is 24.7 Å². The van der Waals surface area contributed by atoms with Crippen LogP contribution in [0.4, 0.5) is 29.1 Å². The fourth-order valence-corrected chi connectivity index (χ4v) is 4.22. The van der Waals surface area contributed by atoms with Crippen molar-refractivity contribution in [1.82, 2.24) is 14.9 Å². The van der Waals surface area contributed by atoms with Gasteiger partial charge in [-0.3, -0.25) is 9.59 Å². The number of benzene rings is 1. The lowest BCUT2D eigenvalue weighted by Gasteiger charge is -2.09. The standard InChI is InChI=1S/C19H18F3N5O3S2/c1-10-15(16(29)27(2)3)32-18(23-10)26-14(28)8-12-9-31-17(25-12)24-11-4-6-13(7-5-11)30-19(20,21)22/h4-7,9H,8H2,1-3H3,(H,24,25)(H,23,26,28). The van der Waals surface area contributed by atoms with E-state index in [4.69, 9.17) is 0 Å². The number of nitrogens with zero attached hydrogens (tertiary/aromatic N) is 3. The van der Waals surface area contributed by atoms with Gasteiger partial charge in [-0.25, -0.2) is 9.97 Å². The van der Waals surface area contributed by atoms with Gasteiger partial charge >= 0.3 is 6.36 Å². The van der Waals surface area contributed by atoms with Gasteiger partial charge in [0.2, 0.25) is 5.91 Å². The molecule has 8 nitrogen and oxygen atoms in total. The normalized spacial score (nSPS) is 11.2. The Bertz CT molecular complexity index is 1110. The Morgan fingerprint density at radius 2 is 1.81 bits per heavy atom. The molecule has 170 valence electrons. The predicted molar refractivity (Wildman–Crippen MR) is 116 cm³/mol. The number of thiazole rings is 2. The van der Waals surface area contributed by atoms with Gasteiger partial charge in [0, 0.05) is 25.2 Å². The Morgan fingerprint density at radius 1 is 1.12 bits per heavy atom. The molecule has 1 aromatic carbocycles. The van der Waals surface area contributed by atoms with Crippen molar-refractivity contribution >= 4 is 50.4 Å². The molecule has 2 heterocycles. The average Bonchev–Trinajstić information content (AvgIpc) is 3.27. The van der Waals surface area contributed by atoms with E-state index < -0.39 is 6.36 Å². The maximum absolute atomic E-state index is 12.3. The number of hydrogen-bond donors (Lipinski definition) is 2. The van der Waals surface area contributed by atoms with Crippen LogP contribution in [0.25, 0.3) is 0 Å². The number of alkyl halides is 3. The van der Waals surface area contributed by atoms with Crippen LogP contribution < -0.4 is 15.4 Å². The van der Waals surface area contributed by atoms with E-state index in [0.717, 1.165) is 11.3 Å². The molecule has 0 bridgehead atoms. The summed E-state index contributed by atoms with van der Waals surface area (Å²) >= 11 is 2.35. The molecule has 0 saturated carbocycles. The SMILES string of the molecule is Cc1nc(NC(=O)Cc2csc(Nc3ccc(OC(F)(F)F)cc3)n2)sc1C(=O)N(C)C. The number of nitrogens with one attached hydrogen (secondary N) is 2. The second kappa shape index (κ2) is 9.53. The zero-order chi connectivity index (χ0) is 23.5. The van der Waals surface area contributed by atoms with E-state index in [2.05, 4.69) is 25.3 Å². The van der Waals surface area contributed by atoms with Crippen LogP contribution in [-0.2, 0) is 11.2 Å². The molecule has 0 spiro atoms. The van der Waals surface area contributed by atoms with Crippen molar-refractivity contribution in [3.05, 3.63) is 45.9 Å². The molecule has 2 amide bonds. The largest absolute Gasteiger partial charge is 0.573 e. The van der Waals surface area contributed by atoms with Crippen LogP contribution in [0, 0.1) is 6.92 Å². The van der Waals surface area contributed by atoms with E-state index in [1.54, 1.807) is 26.4 Å². The molecule has 0 aliphatic rings. The number of halogens is 3. The van der Waals surface area contributed by atoms with Gasteiger partial charge in [-0.15, -0.1) is 24.5 Å². The number of aromatic nitrogens is 2. The van der Waals surface area contributed by atoms with Crippen LogP contribution in [0.15, 0.2) is 29.6 Å².